The summed E-state index contributed by atoms with van der Waals surface area (Å²) in [6.07, 6.45) is 1.75. The molecule has 0 bridgehead atoms. The Kier molecular flexibility index (Phi) is 7.30. The second-order valence-electron chi connectivity index (χ2n) is 7.29. The van der Waals surface area contributed by atoms with Crippen molar-refractivity contribution < 1.29 is 23.8 Å². The van der Waals surface area contributed by atoms with Crippen molar-refractivity contribution in [3.8, 4) is 17.2 Å². The van der Waals surface area contributed by atoms with Gasteiger partial charge in [0.05, 0.1) is 31.2 Å². The van der Waals surface area contributed by atoms with Gasteiger partial charge in [-0.25, -0.2) is 4.79 Å². The summed E-state index contributed by atoms with van der Waals surface area (Å²) < 4.78 is 16.6. The summed E-state index contributed by atoms with van der Waals surface area (Å²) in [5.41, 5.74) is 2.08. The van der Waals surface area contributed by atoms with E-state index in [1.807, 2.05) is 30.3 Å². The predicted molar refractivity (Wildman–Crippen MR) is 136 cm³/mol. The van der Waals surface area contributed by atoms with Gasteiger partial charge in [0.1, 0.15) is 10.1 Å². The molecule has 172 valence electrons. The first-order valence-electron chi connectivity index (χ1n) is 10.3. The van der Waals surface area contributed by atoms with Gasteiger partial charge in [-0.1, -0.05) is 66.4 Å². The number of ether oxygens (including phenoxy) is 3. The van der Waals surface area contributed by atoms with Gasteiger partial charge in [-0.05, 0) is 47.5 Å². The molecule has 34 heavy (non-hydrogen) atoms. The molecule has 1 aliphatic heterocycles. The number of rotatable bonds is 7. The van der Waals surface area contributed by atoms with Gasteiger partial charge in [0, 0.05) is 0 Å². The van der Waals surface area contributed by atoms with E-state index in [4.69, 9.17) is 26.4 Å². The first-order valence-corrected chi connectivity index (χ1v) is 11.5. The number of amides is 1. The Balaban J connectivity index is 1.51. The molecule has 0 saturated carbocycles. The van der Waals surface area contributed by atoms with Crippen LogP contribution in [0.15, 0.2) is 77.7 Å². The van der Waals surface area contributed by atoms with Gasteiger partial charge in [0.25, 0.3) is 5.91 Å². The third-order valence-corrected chi connectivity index (χ3v) is 6.43. The molecule has 0 spiro atoms. The number of benzene rings is 3. The van der Waals surface area contributed by atoms with Crippen molar-refractivity contribution in [3.63, 3.8) is 0 Å². The first-order chi connectivity index (χ1) is 16.5. The molecule has 4 rings (SSSR count). The van der Waals surface area contributed by atoms with Crippen LogP contribution in [0, 0.1) is 0 Å². The molecule has 1 fully saturated rings. The van der Waals surface area contributed by atoms with Crippen molar-refractivity contribution in [3.05, 3.63) is 94.4 Å². The Hall–Kier alpha value is -3.62. The lowest BCUT2D eigenvalue weighted by molar-refractivity contribution is -0.122. The van der Waals surface area contributed by atoms with Gasteiger partial charge < -0.3 is 14.2 Å². The summed E-state index contributed by atoms with van der Waals surface area (Å²) in [6, 6.07) is 21.5. The molecule has 6 nitrogen and oxygen atoms in total. The van der Waals surface area contributed by atoms with Crippen LogP contribution in [-0.4, -0.2) is 35.3 Å². The van der Waals surface area contributed by atoms with Crippen molar-refractivity contribution in [2.45, 2.75) is 6.54 Å². The lowest BCUT2D eigenvalue weighted by Gasteiger charge is -2.14. The van der Waals surface area contributed by atoms with Crippen LogP contribution in [0.3, 0.4) is 0 Å². The van der Waals surface area contributed by atoms with Crippen LogP contribution in [0.1, 0.15) is 21.5 Å². The summed E-state index contributed by atoms with van der Waals surface area (Å²) in [5.74, 6) is 0.508. The number of methoxy groups -OCH3 is 2. The zero-order chi connectivity index (χ0) is 24.1. The highest BCUT2D eigenvalue weighted by Crippen LogP contribution is 2.35. The number of thiocarbonyl (C=S) groups is 1. The molecule has 1 heterocycles. The molecular weight excluding hydrogens is 470 g/mol. The van der Waals surface area contributed by atoms with E-state index in [2.05, 4.69) is 0 Å². The molecular formula is C26H21NO5S2. The average molecular weight is 492 g/mol. The van der Waals surface area contributed by atoms with Crippen molar-refractivity contribution in [1.29, 1.82) is 0 Å². The SMILES string of the molecule is COc1cccc(C(=O)Oc2ccc(/C=C3\SC(=S)N(Cc4ccccc4)C3=O)cc2OC)c1. The summed E-state index contributed by atoms with van der Waals surface area (Å²) >= 11 is 6.68. The van der Waals surface area contributed by atoms with Crippen LogP contribution >= 0.6 is 24.0 Å². The summed E-state index contributed by atoms with van der Waals surface area (Å²) in [5, 5.41) is 0. The third kappa shape index (κ3) is 5.30. The highest BCUT2D eigenvalue weighted by atomic mass is 32.2. The van der Waals surface area contributed by atoms with Crippen molar-refractivity contribution in [2.24, 2.45) is 0 Å². The minimum Gasteiger partial charge on any atom is -0.497 e. The van der Waals surface area contributed by atoms with Crippen molar-refractivity contribution >= 4 is 46.3 Å². The zero-order valence-corrected chi connectivity index (χ0v) is 20.2. The van der Waals surface area contributed by atoms with Gasteiger partial charge in [-0.3, -0.25) is 9.69 Å². The van der Waals surface area contributed by atoms with Crippen LogP contribution in [0.4, 0.5) is 0 Å². The molecule has 0 unspecified atom stereocenters. The van der Waals surface area contributed by atoms with E-state index in [1.54, 1.807) is 53.4 Å². The van der Waals surface area contributed by atoms with E-state index < -0.39 is 5.97 Å². The fraction of sp³-hybridized carbons (Fsp3) is 0.115. The van der Waals surface area contributed by atoms with Gasteiger partial charge in [-0.15, -0.1) is 0 Å². The minimum atomic E-state index is -0.535. The maximum Gasteiger partial charge on any atom is 0.343 e. The Bertz CT molecular complexity index is 1270. The Morgan fingerprint density at radius 3 is 2.50 bits per heavy atom. The van der Waals surface area contributed by atoms with E-state index in [-0.39, 0.29) is 11.7 Å². The summed E-state index contributed by atoms with van der Waals surface area (Å²) in [7, 11) is 3.02. The Morgan fingerprint density at radius 2 is 1.76 bits per heavy atom. The van der Waals surface area contributed by atoms with E-state index in [1.165, 1.54) is 26.0 Å². The van der Waals surface area contributed by atoms with E-state index >= 15 is 0 Å². The fourth-order valence-electron chi connectivity index (χ4n) is 3.32. The molecule has 1 amide bonds. The number of hydrogen-bond donors (Lipinski definition) is 0. The lowest BCUT2D eigenvalue weighted by atomic mass is 10.1. The second-order valence-corrected chi connectivity index (χ2v) is 8.96. The molecule has 3 aromatic rings. The molecule has 0 aromatic heterocycles. The fourth-order valence-corrected chi connectivity index (χ4v) is 4.58. The van der Waals surface area contributed by atoms with Crippen LogP contribution in [0.25, 0.3) is 6.08 Å². The molecule has 0 radical (unpaired) electrons. The van der Waals surface area contributed by atoms with E-state index in [0.29, 0.717) is 32.8 Å². The number of thioether (sulfide) groups is 1. The van der Waals surface area contributed by atoms with Gasteiger partial charge in [-0.2, -0.15) is 0 Å². The zero-order valence-electron chi connectivity index (χ0n) is 18.5. The van der Waals surface area contributed by atoms with Gasteiger partial charge in [0.2, 0.25) is 0 Å². The lowest BCUT2D eigenvalue weighted by Crippen LogP contribution is -2.27. The molecule has 0 atom stereocenters. The third-order valence-electron chi connectivity index (χ3n) is 5.05. The van der Waals surface area contributed by atoms with Crippen molar-refractivity contribution in [2.75, 3.05) is 14.2 Å². The summed E-state index contributed by atoms with van der Waals surface area (Å²) in [4.78, 5) is 27.6. The molecule has 0 aliphatic carbocycles. The van der Waals surface area contributed by atoms with E-state index in [9.17, 15) is 9.59 Å². The average Bonchev–Trinajstić information content (AvgIpc) is 3.12. The maximum absolute atomic E-state index is 12.9. The highest BCUT2D eigenvalue weighted by Gasteiger charge is 2.32. The number of carbonyl (C=O) groups excluding carboxylic acids is 2. The number of hydrogen-bond acceptors (Lipinski definition) is 7. The first kappa shape index (κ1) is 23.5. The minimum absolute atomic E-state index is 0.147. The number of esters is 1. The van der Waals surface area contributed by atoms with Crippen LogP contribution in [0.5, 0.6) is 17.2 Å². The van der Waals surface area contributed by atoms with Gasteiger partial charge in [0.15, 0.2) is 11.5 Å². The summed E-state index contributed by atoms with van der Waals surface area (Å²) in [6.45, 7) is 0.422. The predicted octanol–water partition coefficient (Wildman–Crippen LogP) is 5.32. The van der Waals surface area contributed by atoms with Crippen LogP contribution in [0.2, 0.25) is 0 Å². The van der Waals surface area contributed by atoms with Crippen molar-refractivity contribution in [1.82, 2.24) is 4.90 Å². The molecule has 3 aromatic carbocycles. The Morgan fingerprint density at radius 1 is 0.971 bits per heavy atom. The number of carbonyl (C=O) groups is 2. The van der Waals surface area contributed by atoms with Gasteiger partial charge >= 0.3 is 5.97 Å². The maximum atomic E-state index is 12.9. The standard InChI is InChI=1S/C26H21NO5S2/c1-30-20-10-6-9-19(15-20)25(29)32-21-12-11-18(13-22(21)31-2)14-23-24(28)27(26(33)34-23)16-17-7-4-3-5-8-17/h3-15H,16H2,1-2H3/b23-14-. The second kappa shape index (κ2) is 10.5. The highest BCUT2D eigenvalue weighted by molar-refractivity contribution is 8.26. The normalized spacial score (nSPS) is 14.4. The van der Waals surface area contributed by atoms with Crippen LogP contribution in [-0.2, 0) is 11.3 Å². The molecule has 1 saturated heterocycles. The number of nitrogens with zero attached hydrogens (tertiary/aromatic N) is 1. The Labute approximate surface area is 207 Å². The largest absolute Gasteiger partial charge is 0.497 e. The molecule has 0 N–H and O–H groups in total. The van der Waals surface area contributed by atoms with Crippen LogP contribution < -0.4 is 14.2 Å². The smallest absolute Gasteiger partial charge is 0.343 e. The monoisotopic (exact) mass is 491 g/mol. The molecule has 8 heteroatoms. The topological polar surface area (TPSA) is 65.1 Å². The molecule has 1 aliphatic rings. The quantitative estimate of drug-likeness (QED) is 0.192. The van der Waals surface area contributed by atoms with E-state index in [0.717, 1.165) is 11.1 Å².